The predicted octanol–water partition coefficient (Wildman–Crippen LogP) is 3.31. The van der Waals surface area contributed by atoms with E-state index in [9.17, 15) is 5.11 Å². The number of aliphatic hydroxyl groups is 1. The third kappa shape index (κ3) is 2.71. The first-order chi connectivity index (χ1) is 6.43. The fourth-order valence-corrected chi connectivity index (χ4v) is 2.25. The number of rotatable bonds is 2. The van der Waals surface area contributed by atoms with Crippen LogP contribution in [0.15, 0.2) is 23.8 Å². The summed E-state index contributed by atoms with van der Waals surface area (Å²) in [6.07, 6.45) is 8.48. The van der Waals surface area contributed by atoms with E-state index in [0.29, 0.717) is 11.3 Å². The summed E-state index contributed by atoms with van der Waals surface area (Å²) < 4.78 is 0. The third-order valence-corrected chi connectivity index (χ3v) is 3.17. The van der Waals surface area contributed by atoms with Crippen LogP contribution >= 0.6 is 0 Å². The van der Waals surface area contributed by atoms with Crippen molar-refractivity contribution in [2.75, 3.05) is 0 Å². The number of hydrogen-bond acceptors (Lipinski definition) is 1. The Morgan fingerprint density at radius 2 is 2.21 bits per heavy atom. The summed E-state index contributed by atoms with van der Waals surface area (Å²) in [5.74, 6) is 0.492. The summed E-state index contributed by atoms with van der Waals surface area (Å²) in [5, 5.41) is 9.23. The zero-order valence-electron chi connectivity index (χ0n) is 9.75. The van der Waals surface area contributed by atoms with Gasteiger partial charge in [0.25, 0.3) is 0 Å². The molecule has 14 heavy (non-hydrogen) atoms. The molecule has 0 amide bonds. The second kappa shape index (κ2) is 4.31. The van der Waals surface area contributed by atoms with Gasteiger partial charge in [-0.05, 0) is 32.1 Å². The Labute approximate surface area is 87.5 Å². The Bertz CT molecular complexity index is 246. The molecule has 0 heterocycles. The smallest absolute Gasteiger partial charge is 0.0692 e. The second-order valence-corrected chi connectivity index (χ2v) is 5.08. The fraction of sp³-hybridized carbons (Fsp3) is 0.692. The molecule has 2 atom stereocenters. The molecule has 0 saturated heterocycles. The van der Waals surface area contributed by atoms with E-state index in [1.54, 1.807) is 6.92 Å². The second-order valence-electron chi connectivity index (χ2n) is 5.08. The quantitative estimate of drug-likeness (QED) is 0.669. The van der Waals surface area contributed by atoms with Crippen molar-refractivity contribution >= 4 is 0 Å². The Kier molecular flexibility index (Phi) is 3.54. The van der Waals surface area contributed by atoms with E-state index in [0.717, 1.165) is 0 Å². The first kappa shape index (κ1) is 11.5. The zero-order chi connectivity index (χ0) is 10.8. The molecule has 1 rings (SSSR count). The highest BCUT2D eigenvalue weighted by molar-refractivity contribution is 5.19. The van der Waals surface area contributed by atoms with E-state index < -0.39 is 0 Å². The van der Waals surface area contributed by atoms with Crippen LogP contribution in [0.3, 0.4) is 0 Å². The van der Waals surface area contributed by atoms with Crippen LogP contribution in [-0.4, -0.2) is 11.2 Å². The monoisotopic (exact) mass is 194 g/mol. The molecule has 0 saturated carbocycles. The highest BCUT2D eigenvalue weighted by Gasteiger charge is 2.30. The molecule has 1 aliphatic carbocycles. The molecule has 1 aliphatic rings. The van der Waals surface area contributed by atoms with Crippen molar-refractivity contribution in [3.63, 3.8) is 0 Å². The van der Waals surface area contributed by atoms with Crippen molar-refractivity contribution in [1.29, 1.82) is 0 Å². The van der Waals surface area contributed by atoms with Gasteiger partial charge in [-0.2, -0.15) is 0 Å². The van der Waals surface area contributed by atoms with Gasteiger partial charge in [-0.15, -0.1) is 0 Å². The lowest BCUT2D eigenvalue weighted by atomic mass is 9.68. The van der Waals surface area contributed by atoms with Gasteiger partial charge in [-0.1, -0.05) is 37.6 Å². The van der Waals surface area contributed by atoms with Gasteiger partial charge in [-0.25, -0.2) is 0 Å². The molecular formula is C13H22O. The van der Waals surface area contributed by atoms with E-state index in [-0.39, 0.29) is 6.10 Å². The van der Waals surface area contributed by atoms with Crippen LogP contribution < -0.4 is 0 Å². The summed E-state index contributed by atoms with van der Waals surface area (Å²) in [5.41, 5.74) is 1.78. The van der Waals surface area contributed by atoms with Gasteiger partial charge in [0.2, 0.25) is 0 Å². The van der Waals surface area contributed by atoms with Crippen molar-refractivity contribution in [1.82, 2.24) is 0 Å². The average molecular weight is 194 g/mol. The fourth-order valence-electron chi connectivity index (χ4n) is 2.25. The summed E-state index contributed by atoms with van der Waals surface area (Å²) in [6.45, 7) is 8.60. The normalized spacial score (nSPS) is 28.9. The van der Waals surface area contributed by atoms with Crippen LogP contribution in [0.5, 0.6) is 0 Å². The van der Waals surface area contributed by atoms with Gasteiger partial charge in [0.15, 0.2) is 0 Å². The van der Waals surface area contributed by atoms with Gasteiger partial charge < -0.3 is 5.11 Å². The molecule has 1 nitrogen and oxygen atoms in total. The minimum Gasteiger partial charge on any atom is -0.389 e. The van der Waals surface area contributed by atoms with E-state index in [2.05, 4.69) is 32.9 Å². The molecule has 0 aliphatic heterocycles. The summed E-state index contributed by atoms with van der Waals surface area (Å²) in [6, 6.07) is 0. The molecule has 0 aromatic carbocycles. The number of aliphatic hydroxyl groups excluding tert-OH is 1. The first-order valence-electron chi connectivity index (χ1n) is 5.46. The van der Waals surface area contributed by atoms with Gasteiger partial charge >= 0.3 is 0 Å². The van der Waals surface area contributed by atoms with E-state index in [1.165, 1.54) is 18.4 Å². The minimum atomic E-state index is -0.333. The lowest BCUT2D eigenvalue weighted by Crippen LogP contribution is -2.26. The van der Waals surface area contributed by atoms with Crippen molar-refractivity contribution in [3.8, 4) is 0 Å². The van der Waals surface area contributed by atoms with Crippen molar-refractivity contribution in [3.05, 3.63) is 23.8 Å². The largest absolute Gasteiger partial charge is 0.389 e. The standard InChI is InChI=1S/C13H22O/c1-10-6-5-9-13(3,4)12(10)8-7-11(2)14/h6-8,11-12,14H,5,9H2,1-4H3/b8-7-/t11-,12-/m1/s1. The Hall–Kier alpha value is -0.560. The zero-order valence-corrected chi connectivity index (χ0v) is 9.75. The van der Waals surface area contributed by atoms with Crippen LogP contribution in [-0.2, 0) is 0 Å². The molecular weight excluding hydrogens is 172 g/mol. The average Bonchev–Trinajstić information content (AvgIpc) is 2.01. The summed E-state index contributed by atoms with van der Waals surface area (Å²) in [4.78, 5) is 0. The Morgan fingerprint density at radius 1 is 1.57 bits per heavy atom. The molecule has 0 fully saturated rings. The minimum absolute atomic E-state index is 0.333. The molecule has 0 radical (unpaired) electrons. The van der Waals surface area contributed by atoms with Crippen molar-refractivity contribution in [2.24, 2.45) is 11.3 Å². The maximum atomic E-state index is 9.23. The summed E-state index contributed by atoms with van der Waals surface area (Å²) >= 11 is 0. The van der Waals surface area contributed by atoms with Gasteiger partial charge in [-0.3, -0.25) is 0 Å². The van der Waals surface area contributed by atoms with Crippen molar-refractivity contribution < 1.29 is 5.11 Å². The Morgan fingerprint density at radius 3 is 2.71 bits per heavy atom. The highest BCUT2D eigenvalue weighted by atomic mass is 16.3. The van der Waals surface area contributed by atoms with E-state index >= 15 is 0 Å². The molecule has 0 aromatic rings. The van der Waals surface area contributed by atoms with E-state index in [1.807, 2.05) is 6.08 Å². The SMILES string of the molecule is CC1=CCCC(C)(C)[C@@H]1/C=C\[C@@H](C)O. The Balaban J connectivity index is 2.81. The van der Waals surface area contributed by atoms with Crippen molar-refractivity contribution in [2.45, 2.75) is 46.6 Å². The van der Waals surface area contributed by atoms with Crippen LogP contribution in [0.25, 0.3) is 0 Å². The molecule has 1 heteroatoms. The van der Waals surface area contributed by atoms with Crippen LogP contribution in [0, 0.1) is 11.3 Å². The maximum absolute atomic E-state index is 9.23. The number of hydrogen-bond donors (Lipinski definition) is 1. The lowest BCUT2D eigenvalue weighted by Gasteiger charge is -2.36. The molecule has 0 unspecified atom stereocenters. The third-order valence-electron chi connectivity index (χ3n) is 3.17. The molecule has 0 bridgehead atoms. The number of allylic oxidation sites excluding steroid dienone is 3. The van der Waals surface area contributed by atoms with Gasteiger partial charge in [0.1, 0.15) is 0 Å². The van der Waals surface area contributed by atoms with E-state index in [4.69, 9.17) is 0 Å². The maximum Gasteiger partial charge on any atom is 0.0692 e. The van der Waals surface area contributed by atoms with Crippen LogP contribution in [0.4, 0.5) is 0 Å². The molecule has 0 spiro atoms. The van der Waals surface area contributed by atoms with Crippen LogP contribution in [0.2, 0.25) is 0 Å². The van der Waals surface area contributed by atoms with Crippen LogP contribution in [0.1, 0.15) is 40.5 Å². The summed E-state index contributed by atoms with van der Waals surface area (Å²) in [7, 11) is 0. The lowest BCUT2D eigenvalue weighted by molar-refractivity contribution is 0.234. The molecule has 1 N–H and O–H groups in total. The predicted molar refractivity (Wildman–Crippen MR) is 61.1 cm³/mol. The molecule has 0 aromatic heterocycles. The molecule has 80 valence electrons. The highest BCUT2D eigenvalue weighted by Crippen LogP contribution is 2.41. The first-order valence-corrected chi connectivity index (χ1v) is 5.46. The van der Waals surface area contributed by atoms with Gasteiger partial charge in [0, 0.05) is 5.92 Å². The van der Waals surface area contributed by atoms with Gasteiger partial charge in [0.05, 0.1) is 6.10 Å². The topological polar surface area (TPSA) is 20.2 Å².